The summed E-state index contributed by atoms with van der Waals surface area (Å²) in [6, 6.07) is 14.4. The summed E-state index contributed by atoms with van der Waals surface area (Å²) in [6.07, 6.45) is 1.13. The van der Waals surface area contributed by atoms with Crippen LogP contribution in [0.4, 0.5) is 4.79 Å². The van der Waals surface area contributed by atoms with Crippen molar-refractivity contribution in [1.29, 1.82) is 0 Å². The van der Waals surface area contributed by atoms with Crippen LogP contribution in [-0.2, 0) is 35.5 Å². The summed E-state index contributed by atoms with van der Waals surface area (Å²) < 4.78 is 50.2. The van der Waals surface area contributed by atoms with E-state index in [4.69, 9.17) is 23.8 Å². The van der Waals surface area contributed by atoms with Gasteiger partial charge in [-0.05, 0) is 55.5 Å². The molecular formula is C29H38N2O9S. The van der Waals surface area contributed by atoms with Crippen LogP contribution in [0.25, 0.3) is 0 Å². The fourth-order valence-corrected chi connectivity index (χ4v) is 6.82. The molecule has 2 aromatic rings. The molecule has 0 radical (unpaired) electrons. The first kappa shape index (κ1) is 29.7. The quantitative estimate of drug-likeness (QED) is 0.358. The summed E-state index contributed by atoms with van der Waals surface area (Å²) >= 11 is 0. The molecule has 0 bridgehead atoms. The third kappa shape index (κ3) is 7.37. The zero-order valence-electron chi connectivity index (χ0n) is 23.1. The van der Waals surface area contributed by atoms with Crippen molar-refractivity contribution in [3.8, 4) is 5.75 Å². The Balaban J connectivity index is 1.33. The summed E-state index contributed by atoms with van der Waals surface area (Å²) in [5.74, 6) is 0.476. The lowest BCUT2D eigenvalue weighted by Crippen LogP contribution is -2.51. The van der Waals surface area contributed by atoms with Crippen LogP contribution in [0.5, 0.6) is 5.75 Å². The Morgan fingerprint density at radius 3 is 2.51 bits per heavy atom. The first-order chi connectivity index (χ1) is 19.8. The van der Waals surface area contributed by atoms with Crippen LogP contribution in [0.3, 0.4) is 0 Å². The Hall–Kier alpha value is -2.74. The van der Waals surface area contributed by atoms with Gasteiger partial charge in [0.25, 0.3) is 10.0 Å². The van der Waals surface area contributed by atoms with Crippen LogP contribution in [0.15, 0.2) is 59.5 Å². The van der Waals surface area contributed by atoms with Gasteiger partial charge in [0, 0.05) is 0 Å². The monoisotopic (exact) mass is 590 g/mol. The Morgan fingerprint density at radius 2 is 1.80 bits per heavy atom. The number of aliphatic hydroxyl groups is 1. The normalized spacial score (nSPS) is 24.2. The molecule has 41 heavy (non-hydrogen) atoms. The number of amides is 1. The van der Waals surface area contributed by atoms with Gasteiger partial charge in [-0.3, -0.25) is 4.84 Å². The van der Waals surface area contributed by atoms with Crippen molar-refractivity contribution in [2.24, 2.45) is 5.92 Å². The van der Waals surface area contributed by atoms with Crippen molar-refractivity contribution >= 4 is 16.1 Å². The minimum atomic E-state index is -4.15. The lowest BCUT2D eigenvalue weighted by atomic mass is 10.0. The standard InChI is InChI=1S/C29H38N2O9S/c1-36-21-11-13-23(14-12-21)41(34,35)31(40-22-9-5-6-10-22)18-26(32)25(17-20-7-3-2-4-8-20)30-29(33)39-27-19-38-28-24(27)15-16-37-28/h2-4,7-8,11-14,22,24-28,32H,5-6,9-10,15-19H2,1H3,(H,30,33)/t24-,25?,26?,27+,28+/m0/s1. The van der Waals surface area contributed by atoms with E-state index in [0.717, 1.165) is 42.1 Å². The number of aliphatic hydroxyl groups excluding tert-OH is 1. The van der Waals surface area contributed by atoms with Gasteiger partial charge in [-0.25, -0.2) is 13.2 Å². The van der Waals surface area contributed by atoms with Crippen LogP contribution in [0.2, 0.25) is 0 Å². The average molecular weight is 591 g/mol. The fraction of sp³-hybridized carbons (Fsp3) is 0.552. The number of sulfonamides is 1. The maximum absolute atomic E-state index is 13.7. The summed E-state index contributed by atoms with van der Waals surface area (Å²) in [5.41, 5.74) is 0.853. The number of rotatable bonds is 12. The molecule has 1 amide bonds. The first-order valence-electron chi connectivity index (χ1n) is 14.1. The summed E-state index contributed by atoms with van der Waals surface area (Å²) in [5, 5.41) is 14.2. The highest BCUT2D eigenvalue weighted by Gasteiger charge is 2.44. The van der Waals surface area contributed by atoms with E-state index in [2.05, 4.69) is 5.32 Å². The summed E-state index contributed by atoms with van der Waals surface area (Å²) in [6.45, 7) is 0.386. The predicted molar refractivity (Wildman–Crippen MR) is 147 cm³/mol. The van der Waals surface area contributed by atoms with E-state index in [1.54, 1.807) is 12.1 Å². The maximum Gasteiger partial charge on any atom is 0.407 e. The number of methoxy groups -OCH3 is 1. The van der Waals surface area contributed by atoms with Crippen LogP contribution >= 0.6 is 0 Å². The number of fused-ring (bicyclic) bond motifs is 1. The Morgan fingerprint density at radius 1 is 1.07 bits per heavy atom. The van der Waals surface area contributed by atoms with Crippen molar-refractivity contribution in [3.05, 3.63) is 60.2 Å². The molecular weight excluding hydrogens is 552 g/mol. The van der Waals surface area contributed by atoms with Crippen molar-refractivity contribution in [3.63, 3.8) is 0 Å². The van der Waals surface area contributed by atoms with Gasteiger partial charge in [-0.1, -0.05) is 47.6 Å². The molecule has 2 unspecified atom stereocenters. The van der Waals surface area contributed by atoms with Gasteiger partial charge in [-0.2, -0.15) is 0 Å². The minimum Gasteiger partial charge on any atom is -0.497 e. The predicted octanol–water partition coefficient (Wildman–Crippen LogP) is 3.02. The van der Waals surface area contributed by atoms with E-state index in [9.17, 15) is 18.3 Å². The molecule has 3 fully saturated rings. The van der Waals surface area contributed by atoms with Crippen LogP contribution < -0.4 is 10.1 Å². The molecule has 5 atom stereocenters. The molecule has 1 saturated carbocycles. The zero-order valence-corrected chi connectivity index (χ0v) is 23.9. The molecule has 11 nitrogen and oxygen atoms in total. The highest BCUT2D eigenvalue weighted by atomic mass is 32.2. The molecule has 12 heteroatoms. The van der Waals surface area contributed by atoms with Crippen molar-refractivity contribution in [2.75, 3.05) is 26.9 Å². The van der Waals surface area contributed by atoms with Gasteiger partial charge in [0.2, 0.25) is 0 Å². The Labute approximate surface area is 240 Å². The molecule has 5 rings (SSSR count). The second-order valence-electron chi connectivity index (χ2n) is 10.7. The lowest BCUT2D eigenvalue weighted by molar-refractivity contribution is -0.145. The number of alkyl carbamates (subject to hydrolysis) is 1. The summed E-state index contributed by atoms with van der Waals surface area (Å²) in [4.78, 5) is 19.0. The molecule has 2 aromatic carbocycles. The Bertz CT molecular complexity index is 1240. The van der Waals surface area contributed by atoms with Gasteiger partial charge in [0.1, 0.15) is 11.9 Å². The highest BCUT2D eigenvalue weighted by molar-refractivity contribution is 7.89. The second-order valence-corrected chi connectivity index (χ2v) is 12.5. The SMILES string of the molecule is COc1ccc(S(=O)(=O)N(CC(O)C(Cc2ccccc2)NC(=O)O[C@@H]2CO[C@H]3OCC[C@H]32)OC2CCCC2)cc1. The van der Waals surface area contributed by atoms with E-state index < -0.39 is 40.9 Å². The molecule has 2 aliphatic heterocycles. The number of benzene rings is 2. The number of carbonyl (C=O) groups excluding carboxylic acids is 1. The molecule has 2 saturated heterocycles. The van der Waals surface area contributed by atoms with E-state index in [-0.39, 0.29) is 36.2 Å². The third-order valence-electron chi connectivity index (χ3n) is 7.84. The average Bonchev–Trinajstić information content (AvgIpc) is 3.74. The van der Waals surface area contributed by atoms with E-state index in [0.29, 0.717) is 12.4 Å². The van der Waals surface area contributed by atoms with Crippen LogP contribution in [0.1, 0.15) is 37.7 Å². The number of hydroxylamine groups is 1. The largest absolute Gasteiger partial charge is 0.497 e. The third-order valence-corrected chi connectivity index (χ3v) is 9.48. The van der Waals surface area contributed by atoms with Gasteiger partial charge in [0.15, 0.2) is 6.29 Å². The number of carbonyl (C=O) groups is 1. The van der Waals surface area contributed by atoms with Crippen molar-refractivity contribution in [2.45, 2.75) is 74.1 Å². The Kier molecular flexibility index (Phi) is 9.79. The second kappa shape index (κ2) is 13.5. The van der Waals surface area contributed by atoms with E-state index in [1.807, 2.05) is 30.3 Å². The number of nitrogens with zero attached hydrogens (tertiary/aromatic N) is 1. The molecule has 224 valence electrons. The van der Waals surface area contributed by atoms with E-state index in [1.165, 1.54) is 19.2 Å². The fourth-order valence-electron chi connectivity index (χ4n) is 5.52. The molecule has 2 N–H and O–H groups in total. The van der Waals surface area contributed by atoms with Gasteiger partial charge < -0.3 is 29.4 Å². The van der Waals surface area contributed by atoms with Crippen LogP contribution in [-0.4, -0.2) is 81.6 Å². The molecule has 2 heterocycles. The lowest BCUT2D eigenvalue weighted by Gasteiger charge is -2.31. The number of ether oxygens (including phenoxy) is 4. The molecule has 3 aliphatic rings. The minimum absolute atomic E-state index is 0.00467. The molecule has 0 spiro atoms. The van der Waals surface area contributed by atoms with Gasteiger partial charge >= 0.3 is 6.09 Å². The topological polar surface area (TPSA) is 133 Å². The number of hydrogen-bond donors (Lipinski definition) is 2. The van der Waals surface area contributed by atoms with Crippen molar-refractivity contribution < 1.29 is 42.1 Å². The van der Waals surface area contributed by atoms with Crippen molar-refractivity contribution in [1.82, 2.24) is 9.79 Å². The zero-order chi connectivity index (χ0) is 28.8. The maximum atomic E-state index is 13.7. The number of nitrogens with one attached hydrogen (secondary N) is 1. The van der Waals surface area contributed by atoms with Crippen LogP contribution in [0, 0.1) is 5.92 Å². The molecule has 1 aliphatic carbocycles. The smallest absolute Gasteiger partial charge is 0.407 e. The molecule has 0 aromatic heterocycles. The van der Waals surface area contributed by atoms with Gasteiger partial charge in [-0.15, -0.1) is 0 Å². The number of hydrogen-bond acceptors (Lipinski definition) is 9. The first-order valence-corrected chi connectivity index (χ1v) is 15.5. The highest BCUT2D eigenvalue weighted by Crippen LogP contribution is 2.33. The summed E-state index contributed by atoms with van der Waals surface area (Å²) in [7, 11) is -2.65. The van der Waals surface area contributed by atoms with Gasteiger partial charge in [0.05, 0.1) is 55.9 Å². The van der Waals surface area contributed by atoms with E-state index >= 15 is 0 Å².